The normalized spacial score (nSPS) is 12.5. The molecule has 0 aromatic heterocycles. The van der Waals surface area contributed by atoms with E-state index in [9.17, 15) is 23.1 Å². The number of hydrogen-bond acceptors (Lipinski definition) is 3. The molecule has 1 atom stereocenters. The van der Waals surface area contributed by atoms with Crippen LogP contribution in [-0.2, 0) is 9.53 Å². The van der Waals surface area contributed by atoms with Crippen molar-refractivity contribution >= 4 is 5.97 Å². The Kier molecular flexibility index (Phi) is 4.47. The van der Waals surface area contributed by atoms with Gasteiger partial charge < -0.3 is 14.9 Å². The Morgan fingerprint density at radius 1 is 1.29 bits per heavy atom. The van der Waals surface area contributed by atoms with Crippen molar-refractivity contribution < 1.29 is 32.9 Å². The van der Waals surface area contributed by atoms with Crippen LogP contribution >= 0.6 is 0 Å². The highest BCUT2D eigenvalue weighted by atomic mass is 19.1. The number of carbonyl (C=O) groups is 1. The van der Waals surface area contributed by atoms with Crippen LogP contribution in [0, 0.1) is 17.5 Å². The van der Waals surface area contributed by atoms with Crippen LogP contribution in [0.4, 0.5) is 13.2 Å². The van der Waals surface area contributed by atoms with Crippen molar-refractivity contribution in [2.45, 2.75) is 6.10 Å². The zero-order chi connectivity index (χ0) is 13.0. The molecule has 1 aromatic carbocycles. The van der Waals surface area contributed by atoms with Crippen molar-refractivity contribution in [1.29, 1.82) is 0 Å². The van der Waals surface area contributed by atoms with Crippen LogP contribution in [-0.4, -0.2) is 29.4 Å². The molecular formula is C10H9F3O4. The second-order valence-corrected chi connectivity index (χ2v) is 3.21. The molecule has 0 bridgehead atoms. The van der Waals surface area contributed by atoms with E-state index < -0.39 is 48.3 Å². The van der Waals surface area contributed by atoms with Crippen molar-refractivity contribution in [2.75, 3.05) is 13.2 Å². The minimum Gasteiger partial charge on any atom is -0.480 e. The molecule has 0 radical (unpaired) electrons. The number of halogens is 3. The van der Waals surface area contributed by atoms with Gasteiger partial charge in [-0.2, -0.15) is 0 Å². The number of hydrogen-bond donors (Lipinski definition) is 2. The predicted octanol–water partition coefficient (Wildman–Crippen LogP) is 1.24. The van der Waals surface area contributed by atoms with E-state index in [1.165, 1.54) is 0 Å². The van der Waals surface area contributed by atoms with Gasteiger partial charge in [0, 0.05) is 12.1 Å². The summed E-state index contributed by atoms with van der Waals surface area (Å²) >= 11 is 0. The van der Waals surface area contributed by atoms with Crippen molar-refractivity contribution in [2.24, 2.45) is 0 Å². The lowest BCUT2D eigenvalue weighted by Gasteiger charge is -2.12. The van der Waals surface area contributed by atoms with Gasteiger partial charge in [-0.25, -0.2) is 18.0 Å². The van der Waals surface area contributed by atoms with E-state index in [-0.39, 0.29) is 0 Å². The van der Waals surface area contributed by atoms with Gasteiger partial charge in [0.15, 0.2) is 0 Å². The molecule has 0 amide bonds. The van der Waals surface area contributed by atoms with Crippen LogP contribution in [0.1, 0.15) is 11.7 Å². The second-order valence-electron chi connectivity index (χ2n) is 3.21. The fourth-order valence-electron chi connectivity index (χ4n) is 1.21. The number of aliphatic hydroxyl groups is 1. The summed E-state index contributed by atoms with van der Waals surface area (Å²) in [4.78, 5) is 10.1. The summed E-state index contributed by atoms with van der Waals surface area (Å²) in [5, 5.41) is 17.6. The Labute approximate surface area is 94.3 Å². The van der Waals surface area contributed by atoms with E-state index >= 15 is 0 Å². The van der Waals surface area contributed by atoms with Gasteiger partial charge >= 0.3 is 5.97 Å². The molecule has 0 aliphatic rings. The number of ether oxygens (including phenoxy) is 1. The quantitative estimate of drug-likeness (QED) is 0.825. The maximum atomic E-state index is 13.1. The summed E-state index contributed by atoms with van der Waals surface area (Å²) in [6.07, 6.45) is -1.70. The lowest BCUT2D eigenvalue weighted by atomic mass is 10.1. The van der Waals surface area contributed by atoms with Crippen LogP contribution in [0.25, 0.3) is 0 Å². The Morgan fingerprint density at radius 2 is 1.82 bits per heavy atom. The zero-order valence-corrected chi connectivity index (χ0v) is 8.49. The molecular weight excluding hydrogens is 241 g/mol. The molecule has 0 saturated carbocycles. The molecule has 0 fully saturated rings. The van der Waals surface area contributed by atoms with Crippen molar-refractivity contribution in [1.82, 2.24) is 0 Å². The molecule has 1 rings (SSSR count). The third-order valence-corrected chi connectivity index (χ3v) is 1.88. The van der Waals surface area contributed by atoms with Crippen LogP contribution in [0.15, 0.2) is 12.1 Å². The van der Waals surface area contributed by atoms with E-state index in [4.69, 9.17) is 5.11 Å². The van der Waals surface area contributed by atoms with Gasteiger partial charge in [-0.3, -0.25) is 0 Å². The van der Waals surface area contributed by atoms with Crippen LogP contribution < -0.4 is 0 Å². The Morgan fingerprint density at radius 3 is 2.29 bits per heavy atom. The molecule has 0 spiro atoms. The van der Waals surface area contributed by atoms with Gasteiger partial charge in [0.25, 0.3) is 0 Å². The molecule has 94 valence electrons. The smallest absolute Gasteiger partial charge is 0.329 e. The second kappa shape index (κ2) is 5.65. The number of carboxylic acids is 1. The lowest BCUT2D eigenvalue weighted by Crippen LogP contribution is -2.15. The monoisotopic (exact) mass is 250 g/mol. The fraction of sp³-hybridized carbons (Fsp3) is 0.300. The minimum absolute atomic E-state index is 0.416. The number of carboxylic acid groups (broad SMARTS) is 1. The number of rotatable bonds is 5. The summed E-state index contributed by atoms with van der Waals surface area (Å²) in [6.45, 7) is -1.31. The highest BCUT2D eigenvalue weighted by molar-refractivity contribution is 5.67. The SMILES string of the molecule is O=C(O)COCC(O)c1c(F)cc(F)cc1F. The highest BCUT2D eigenvalue weighted by Gasteiger charge is 2.19. The third-order valence-electron chi connectivity index (χ3n) is 1.88. The maximum absolute atomic E-state index is 13.1. The van der Waals surface area contributed by atoms with E-state index in [0.29, 0.717) is 12.1 Å². The summed E-state index contributed by atoms with van der Waals surface area (Å²) < 4.78 is 43.3. The predicted molar refractivity (Wildman–Crippen MR) is 49.7 cm³/mol. The Balaban J connectivity index is 2.75. The molecule has 0 heterocycles. The fourth-order valence-corrected chi connectivity index (χ4v) is 1.21. The molecule has 17 heavy (non-hydrogen) atoms. The highest BCUT2D eigenvalue weighted by Crippen LogP contribution is 2.22. The van der Waals surface area contributed by atoms with Crippen LogP contribution in [0.2, 0.25) is 0 Å². The third kappa shape index (κ3) is 3.72. The molecule has 1 aromatic rings. The summed E-state index contributed by atoms with van der Waals surface area (Å²) in [5.74, 6) is -4.90. The molecule has 2 N–H and O–H groups in total. The first-order chi connectivity index (χ1) is 7.91. The molecule has 0 saturated heterocycles. The first-order valence-corrected chi connectivity index (χ1v) is 4.54. The minimum atomic E-state index is -1.70. The van der Waals surface area contributed by atoms with Crippen LogP contribution in [0.5, 0.6) is 0 Å². The number of benzene rings is 1. The molecule has 1 unspecified atom stereocenters. The van der Waals surface area contributed by atoms with E-state index in [1.54, 1.807) is 0 Å². The van der Waals surface area contributed by atoms with Crippen molar-refractivity contribution in [3.8, 4) is 0 Å². The maximum Gasteiger partial charge on any atom is 0.329 e. The molecule has 7 heteroatoms. The van der Waals surface area contributed by atoms with Crippen molar-refractivity contribution in [3.05, 3.63) is 35.1 Å². The number of aliphatic hydroxyl groups excluding tert-OH is 1. The van der Waals surface area contributed by atoms with E-state index in [1.807, 2.05) is 0 Å². The van der Waals surface area contributed by atoms with Crippen molar-refractivity contribution in [3.63, 3.8) is 0 Å². The summed E-state index contributed by atoms with van der Waals surface area (Å²) in [6, 6.07) is 0.831. The van der Waals surface area contributed by atoms with E-state index in [0.717, 1.165) is 0 Å². The average Bonchev–Trinajstić information content (AvgIpc) is 2.14. The molecule has 0 aliphatic carbocycles. The largest absolute Gasteiger partial charge is 0.480 e. The Hall–Kier alpha value is -1.60. The van der Waals surface area contributed by atoms with Gasteiger partial charge in [0.2, 0.25) is 0 Å². The molecule has 4 nitrogen and oxygen atoms in total. The Bertz CT molecular complexity index is 399. The van der Waals surface area contributed by atoms with Gasteiger partial charge in [-0.1, -0.05) is 0 Å². The van der Waals surface area contributed by atoms with E-state index in [2.05, 4.69) is 4.74 Å². The topological polar surface area (TPSA) is 66.8 Å². The van der Waals surface area contributed by atoms with Gasteiger partial charge in [0.05, 0.1) is 12.2 Å². The van der Waals surface area contributed by atoms with Gasteiger partial charge in [-0.15, -0.1) is 0 Å². The van der Waals surface area contributed by atoms with Crippen LogP contribution in [0.3, 0.4) is 0 Å². The summed E-state index contributed by atoms with van der Waals surface area (Å²) in [7, 11) is 0. The van der Waals surface area contributed by atoms with Gasteiger partial charge in [-0.05, 0) is 0 Å². The average molecular weight is 250 g/mol. The first-order valence-electron chi connectivity index (χ1n) is 4.54. The standard InChI is InChI=1S/C10H9F3O4/c11-5-1-6(12)10(7(13)2-5)8(14)3-17-4-9(15)16/h1-2,8,14H,3-4H2,(H,15,16). The zero-order valence-electron chi connectivity index (χ0n) is 8.49. The molecule has 0 aliphatic heterocycles. The van der Waals surface area contributed by atoms with Gasteiger partial charge in [0.1, 0.15) is 30.2 Å². The lowest BCUT2D eigenvalue weighted by molar-refractivity contribution is -0.143. The summed E-state index contributed by atoms with van der Waals surface area (Å²) in [5.41, 5.74) is -0.753. The number of aliphatic carboxylic acids is 1. The first kappa shape index (κ1) is 13.5.